The first-order valence-electron chi connectivity index (χ1n) is 7.07. The average Bonchev–Trinajstić information content (AvgIpc) is 2.47. The number of rotatable bonds is 8. The highest BCUT2D eigenvalue weighted by Crippen LogP contribution is 2.15. The van der Waals surface area contributed by atoms with Crippen LogP contribution in [-0.4, -0.2) is 32.8 Å². The lowest BCUT2D eigenvalue weighted by molar-refractivity contribution is 0.145. The summed E-state index contributed by atoms with van der Waals surface area (Å²) >= 11 is 0. The number of benzene rings is 1. The van der Waals surface area contributed by atoms with Crippen molar-refractivity contribution in [2.24, 2.45) is 0 Å². The van der Waals surface area contributed by atoms with Gasteiger partial charge in [0.25, 0.3) is 0 Å². The highest BCUT2D eigenvalue weighted by molar-refractivity contribution is 5.89. The third-order valence-corrected chi connectivity index (χ3v) is 3.06. The minimum Gasteiger partial charge on any atom is -0.382 e. The van der Waals surface area contributed by atoms with Gasteiger partial charge in [-0.25, -0.2) is 4.79 Å². The Balaban J connectivity index is 2.31. The molecule has 0 radical (unpaired) electrons. The van der Waals surface area contributed by atoms with Crippen molar-refractivity contribution in [2.45, 2.75) is 26.3 Å². The van der Waals surface area contributed by atoms with Crippen LogP contribution in [0, 0.1) is 0 Å². The molecule has 0 saturated carbocycles. The van der Waals surface area contributed by atoms with E-state index < -0.39 is 0 Å². The lowest BCUT2D eigenvalue weighted by Gasteiger charge is -2.12. The molecule has 0 aromatic heterocycles. The molecule has 112 valence electrons. The van der Waals surface area contributed by atoms with Gasteiger partial charge in [-0.15, -0.1) is 0 Å². The summed E-state index contributed by atoms with van der Waals surface area (Å²) in [6.07, 6.45) is 0.819. The minimum atomic E-state index is -0.184. The summed E-state index contributed by atoms with van der Waals surface area (Å²) in [7, 11) is 1.92. The molecule has 5 nitrogen and oxygen atoms in total. The van der Waals surface area contributed by atoms with Crippen molar-refractivity contribution in [3.05, 3.63) is 29.8 Å². The van der Waals surface area contributed by atoms with Crippen LogP contribution < -0.4 is 16.0 Å². The summed E-state index contributed by atoms with van der Waals surface area (Å²) in [6.45, 7) is 6.05. The van der Waals surface area contributed by atoms with Crippen molar-refractivity contribution in [1.29, 1.82) is 0 Å². The van der Waals surface area contributed by atoms with Gasteiger partial charge in [0.2, 0.25) is 0 Å². The fourth-order valence-electron chi connectivity index (χ4n) is 1.72. The zero-order chi connectivity index (χ0) is 14.8. The van der Waals surface area contributed by atoms with Crippen molar-refractivity contribution < 1.29 is 9.53 Å². The summed E-state index contributed by atoms with van der Waals surface area (Å²) in [5, 5.41) is 8.78. The molecule has 2 amide bonds. The summed E-state index contributed by atoms with van der Waals surface area (Å²) in [6, 6.07) is 7.94. The van der Waals surface area contributed by atoms with Gasteiger partial charge in [0, 0.05) is 31.5 Å². The van der Waals surface area contributed by atoms with E-state index in [9.17, 15) is 4.79 Å². The molecule has 0 spiro atoms. The molecule has 0 heterocycles. The molecule has 0 aliphatic heterocycles. The normalized spacial score (nSPS) is 11.9. The fraction of sp³-hybridized carbons (Fsp3) is 0.533. The number of hydrogen-bond donors (Lipinski definition) is 3. The van der Waals surface area contributed by atoms with Gasteiger partial charge in [0.05, 0.1) is 0 Å². The number of carbonyl (C=O) groups is 1. The Kier molecular flexibility index (Phi) is 7.69. The van der Waals surface area contributed by atoms with Gasteiger partial charge in [-0.05, 0) is 45.0 Å². The van der Waals surface area contributed by atoms with Crippen molar-refractivity contribution >= 4 is 11.7 Å². The van der Waals surface area contributed by atoms with E-state index in [0.29, 0.717) is 25.8 Å². The maximum atomic E-state index is 11.6. The maximum absolute atomic E-state index is 11.6. The summed E-state index contributed by atoms with van der Waals surface area (Å²) in [5.74, 6) is 0. The van der Waals surface area contributed by atoms with E-state index in [4.69, 9.17) is 4.74 Å². The molecule has 5 heteroatoms. The minimum absolute atomic E-state index is 0.184. The molecule has 0 aliphatic carbocycles. The zero-order valence-electron chi connectivity index (χ0n) is 12.5. The van der Waals surface area contributed by atoms with E-state index in [1.165, 1.54) is 5.56 Å². The predicted molar refractivity (Wildman–Crippen MR) is 82.0 cm³/mol. The number of anilines is 1. The van der Waals surface area contributed by atoms with Crippen LogP contribution in [0.1, 0.15) is 31.9 Å². The summed E-state index contributed by atoms with van der Waals surface area (Å²) in [4.78, 5) is 11.6. The maximum Gasteiger partial charge on any atom is 0.319 e. The molecular formula is C15H25N3O2. The Labute approximate surface area is 121 Å². The molecule has 0 bridgehead atoms. The quantitative estimate of drug-likeness (QED) is 0.641. The Hall–Kier alpha value is -1.59. The predicted octanol–water partition coefficient (Wildman–Crippen LogP) is 2.52. The van der Waals surface area contributed by atoms with Gasteiger partial charge in [-0.1, -0.05) is 12.1 Å². The summed E-state index contributed by atoms with van der Waals surface area (Å²) in [5.41, 5.74) is 1.98. The molecule has 1 rings (SSSR count). The Morgan fingerprint density at radius 1 is 1.30 bits per heavy atom. The molecule has 0 saturated heterocycles. The third-order valence-electron chi connectivity index (χ3n) is 3.06. The molecule has 20 heavy (non-hydrogen) atoms. The van der Waals surface area contributed by atoms with E-state index >= 15 is 0 Å². The number of hydrogen-bond acceptors (Lipinski definition) is 3. The van der Waals surface area contributed by atoms with E-state index in [0.717, 1.165) is 12.1 Å². The zero-order valence-corrected chi connectivity index (χ0v) is 12.5. The second-order valence-electron chi connectivity index (χ2n) is 4.56. The topological polar surface area (TPSA) is 62.4 Å². The van der Waals surface area contributed by atoms with Crippen molar-refractivity contribution in [2.75, 3.05) is 32.1 Å². The van der Waals surface area contributed by atoms with Crippen LogP contribution in [-0.2, 0) is 4.74 Å². The van der Waals surface area contributed by atoms with Gasteiger partial charge in [0.15, 0.2) is 0 Å². The molecule has 0 aliphatic rings. The monoisotopic (exact) mass is 279 g/mol. The van der Waals surface area contributed by atoms with Crippen molar-refractivity contribution in [3.63, 3.8) is 0 Å². The van der Waals surface area contributed by atoms with Crippen LogP contribution in [0.4, 0.5) is 10.5 Å². The van der Waals surface area contributed by atoms with Crippen LogP contribution in [0.2, 0.25) is 0 Å². The largest absolute Gasteiger partial charge is 0.382 e. The number of nitrogens with one attached hydrogen (secondary N) is 3. The van der Waals surface area contributed by atoms with Crippen LogP contribution in [0.5, 0.6) is 0 Å². The van der Waals surface area contributed by atoms with Gasteiger partial charge >= 0.3 is 6.03 Å². The first kappa shape index (κ1) is 16.5. The first-order chi connectivity index (χ1) is 9.67. The Morgan fingerprint density at radius 2 is 2.00 bits per heavy atom. The number of urea groups is 1. The Bertz CT molecular complexity index is 393. The molecule has 1 aromatic carbocycles. The van der Waals surface area contributed by atoms with Gasteiger partial charge in [0.1, 0.15) is 0 Å². The van der Waals surface area contributed by atoms with Crippen LogP contribution in [0.25, 0.3) is 0 Å². The lowest BCUT2D eigenvalue weighted by atomic mass is 10.1. The number of carbonyl (C=O) groups excluding carboxylic acids is 1. The fourth-order valence-corrected chi connectivity index (χ4v) is 1.72. The van der Waals surface area contributed by atoms with Crippen molar-refractivity contribution in [1.82, 2.24) is 10.6 Å². The third kappa shape index (κ3) is 6.04. The van der Waals surface area contributed by atoms with E-state index in [1.807, 2.05) is 38.2 Å². The van der Waals surface area contributed by atoms with E-state index in [-0.39, 0.29) is 6.03 Å². The molecule has 0 fully saturated rings. The molecule has 1 atom stereocenters. The van der Waals surface area contributed by atoms with Crippen LogP contribution >= 0.6 is 0 Å². The first-order valence-corrected chi connectivity index (χ1v) is 7.07. The molecular weight excluding hydrogens is 254 g/mol. The summed E-state index contributed by atoms with van der Waals surface area (Å²) < 4.78 is 5.20. The highest BCUT2D eigenvalue weighted by Gasteiger charge is 2.04. The second kappa shape index (κ2) is 9.34. The SMILES string of the molecule is CCOCCCNC(=O)Nc1ccc(C(C)NC)cc1. The van der Waals surface area contributed by atoms with Gasteiger partial charge in [-0.2, -0.15) is 0 Å². The van der Waals surface area contributed by atoms with Gasteiger partial charge < -0.3 is 20.7 Å². The molecule has 1 unspecified atom stereocenters. The standard InChI is InChI=1S/C15H25N3O2/c1-4-20-11-5-10-17-15(19)18-14-8-6-13(7-9-14)12(2)16-3/h6-9,12,16H,4-5,10-11H2,1-3H3,(H2,17,18,19). The number of amides is 2. The van der Waals surface area contributed by atoms with Crippen molar-refractivity contribution in [3.8, 4) is 0 Å². The molecule has 3 N–H and O–H groups in total. The lowest BCUT2D eigenvalue weighted by Crippen LogP contribution is -2.30. The van der Waals surface area contributed by atoms with Crippen LogP contribution in [0.3, 0.4) is 0 Å². The number of ether oxygens (including phenoxy) is 1. The molecule has 1 aromatic rings. The smallest absolute Gasteiger partial charge is 0.319 e. The second-order valence-corrected chi connectivity index (χ2v) is 4.56. The van der Waals surface area contributed by atoms with E-state index in [2.05, 4.69) is 22.9 Å². The van der Waals surface area contributed by atoms with Crippen LogP contribution in [0.15, 0.2) is 24.3 Å². The van der Waals surface area contributed by atoms with Gasteiger partial charge in [-0.3, -0.25) is 0 Å². The highest BCUT2D eigenvalue weighted by atomic mass is 16.5. The average molecular weight is 279 g/mol. The van der Waals surface area contributed by atoms with E-state index in [1.54, 1.807) is 0 Å². The Morgan fingerprint density at radius 3 is 2.60 bits per heavy atom.